The predicted molar refractivity (Wildman–Crippen MR) is 95.5 cm³/mol. The summed E-state index contributed by atoms with van der Waals surface area (Å²) < 4.78 is 4.92. The largest absolute Gasteiger partial charge is 0.467 e. The van der Waals surface area contributed by atoms with Crippen LogP contribution in [-0.2, 0) is 25.6 Å². The Morgan fingerprint density at radius 3 is 2.52 bits per heavy atom. The summed E-state index contributed by atoms with van der Waals surface area (Å²) >= 11 is 12.0. The maximum absolute atomic E-state index is 12.5. The fourth-order valence-electron chi connectivity index (χ4n) is 2.90. The van der Waals surface area contributed by atoms with Crippen molar-refractivity contribution < 1.29 is 19.2 Å². The number of carbonyl (C=O) groups is 2. The first kappa shape index (κ1) is 20.0. The first-order chi connectivity index (χ1) is 11.9. The Hall–Kier alpha value is -1.34. The molecule has 1 aromatic rings. The van der Waals surface area contributed by atoms with Crippen molar-refractivity contribution in [3.63, 3.8) is 0 Å². The van der Waals surface area contributed by atoms with E-state index in [-0.39, 0.29) is 12.3 Å². The van der Waals surface area contributed by atoms with Crippen molar-refractivity contribution >= 4 is 35.1 Å². The van der Waals surface area contributed by atoms with Gasteiger partial charge in [-0.05, 0) is 37.5 Å². The molecule has 1 heterocycles. The van der Waals surface area contributed by atoms with Gasteiger partial charge in [-0.25, -0.2) is 4.79 Å². The monoisotopic (exact) mass is 388 g/mol. The lowest BCUT2D eigenvalue weighted by Crippen LogP contribution is -2.60. The lowest BCUT2D eigenvalue weighted by Gasteiger charge is -2.39. The molecule has 6 nitrogen and oxygen atoms in total. The molecule has 0 aromatic heterocycles. The minimum atomic E-state index is -1.04. The third-order valence-corrected chi connectivity index (χ3v) is 4.80. The van der Waals surface area contributed by atoms with E-state index >= 15 is 0 Å². The molecule has 0 saturated carbocycles. The minimum absolute atomic E-state index is 0.0594. The standard InChI is InChI=1S/C17H22Cl2N2O4/c1-3-25-21-8-6-17(7-9-21,16(23)24-2)20-15(22)10-12-4-5-13(18)11-14(12)19/h4-5,11H,3,6-10H2,1-2H3,(H,20,22). The number of benzene rings is 1. The van der Waals surface area contributed by atoms with E-state index in [0.29, 0.717) is 48.1 Å². The molecule has 1 saturated heterocycles. The van der Waals surface area contributed by atoms with Crippen LogP contribution >= 0.6 is 23.2 Å². The fourth-order valence-corrected chi connectivity index (χ4v) is 3.38. The lowest BCUT2D eigenvalue weighted by atomic mass is 9.87. The quantitative estimate of drug-likeness (QED) is 0.758. The van der Waals surface area contributed by atoms with Crippen molar-refractivity contribution in [3.8, 4) is 0 Å². The summed E-state index contributed by atoms with van der Waals surface area (Å²) in [6.45, 7) is 3.53. The number of amides is 1. The van der Waals surface area contributed by atoms with Crippen molar-refractivity contribution in [2.24, 2.45) is 0 Å². The van der Waals surface area contributed by atoms with Crippen molar-refractivity contribution in [2.75, 3.05) is 26.8 Å². The van der Waals surface area contributed by atoms with E-state index < -0.39 is 11.5 Å². The lowest BCUT2D eigenvalue weighted by molar-refractivity contribution is -0.183. The number of nitrogens with zero attached hydrogens (tertiary/aromatic N) is 1. The van der Waals surface area contributed by atoms with Crippen LogP contribution < -0.4 is 5.32 Å². The van der Waals surface area contributed by atoms with Gasteiger partial charge in [-0.15, -0.1) is 0 Å². The van der Waals surface area contributed by atoms with Gasteiger partial charge in [-0.2, -0.15) is 5.06 Å². The van der Waals surface area contributed by atoms with Crippen LogP contribution in [0.5, 0.6) is 0 Å². The molecule has 138 valence electrons. The number of halogens is 2. The van der Waals surface area contributed by atoms with E-state index in [1.54, 1.807) is 23.3 Å². The molecular weight excluding hydrogens is 367 g/mol. The highest BCUT2D eigenvalue weighted by Crippen LogP contribution is 2.25. The molecule has 1 aliphatic heterocycles. The summed E-state index contributed by atoms with van der Waals surface area (Å²) in [4.78, 5) is 30.3. The minimum Gasteiger partial charge on any atom is -0.467 e. The highest BCUT2D eigenvalue weighted by molar-refractivity contribution is 6.35. The molecule has 25 heavy (non-hydrogen) atoms. The number of carbonyl (C=O) groups excluding carboxylic acids is 2. The molecule has 0 atom stereocenters. The first-order valence-corrected chi connectivity index (χ1v) is 8.87. The molecule has 0 radical (unpaired) electrons. The van der Waals surface area contributed by atoms with Crippen molar-refractivity contribution in [2.45, 2.75) is 31.7 Å². The molecule has 2 rings (SSSR count). The SMILES string of the molecule is CCON1CCC(NC(=O)Cc2ccc(Cl)cc2Cl)(C(=O)OC)CC1. The summed E-state index contributed by atoms with van der Waals surface area (Å²) in [6.07, 6.45) is 0.892. The number of hydroxylamine groups is 2. The summed E-state index contributed by atoms with van der Waals surface area (Å²) in [5.74, 6) is -0.737. The maximum atomic E-state index is 12.5. The smallest absolute Gasteiger partial charge is 0.331 e. The van der Waals surface area contributed by atoms with Crippen LogP contribution in [-0.4, -0.2) is 49.3 Å². The Balaban J connectivity index is 2.07. The number of rotatable bonds is 6. The normalized spacial score (nSPS) is 17.1. The molecule has 1 aliphatic rings. The van der Waals surface area contributed by atoms with Gasteiger partial charge in [-0.1, -0.05) is 29.3 Å². The predicted octanol–water partition coefficient (Wildman–Crippen LogP) is 2.61. The Labute approximate surface area is 157 Å². The van der Waals surface area contributed by atoms with E-state index in [2.05, 4.69) is 5.32 Å². The highest BCUT2D eigenvalue weighted by atomic mass is 35.5. The summed E-state index contributed by atoms with van der Waals surface area (Å²) in [5.41, 5.74) is -0.395. The number of esters is 1. The summed E-state index contributed by atoms with van der Waals surface area (Å²) in [7, 11) is 1.32. The average molecular weight is 389 g/mol. The topological polar surface area (TPSA) is 67.9 Å². The molecule has 1 aromatic carbocycles. The molecule has 0 aliphatic carbocycles. The number of hydrogen-bond donors (Lipinski definition) is 1. The Bertz CT molecular complexity index is 631. The zero-order valence-electron chi connectivity index (χ0n) is 14.3. The van der Waals surface area contributed by atoms with E-state index in [1.807, 2.05) is 6.92 Å². The van der Waals surface area contributed by atoms with E-state index in [4.69, 9.17) is 32.8 Å². The number of methoxy groups -OCH3 is 1. The first-order valence-electron chi connectivity index (χ1n) is 8.11. The van der Waals surface area contributed by atoms with E-state index in [1.165, 1.54) is 7.11 Å². The van der Waals surface area contributed by atoms with Gasteiger partial charge in [0.05, 0.1) is 20.1 Å². The van der Waals surface area contributed by atoms with Crippen LogP contribution in [0.3, 0.4) is 0 Å². The van der Waals surface area contributed by atoms with Crippen LogP contribution in [0.1, 0.15) is 25.3 Å². The second kappa shape index (κ2) is 8.85. The third-order valence-electron chi connectivity index (χ3n) is 4.21. The Kier molecular flexibility index (Phi) is 7.07. The van der Waals surface area contributed by atoms with Crippen molar-refractivity contribution in [1.29, 1.82) is 0 Å². The van der Waals surface area contributed by atoms with E-state index in [0.717, 1.165) is 0 Å². The third kappa shape index (κ3) is 5.07. The van der Waals surface area contributed by atoms with Gasteiger partial charge in [0, 0.05) is 23.1 Å². The second-order valence-electron chi connectivity index (χ2n) is 5.88. The zero-order chi connectivity index (χ0) is 18.4. The Morgan fingerprint density at radius 1 is 1.28 bits per heavy atom. The van der Waals surface area contributed by atoms with Crippen LogP contribution in [0.25, 0.3) is 0 Å². The van der Waals surface area contributed by atoms with E-state index in [9.17, 15) is 9.59 Å². The van der Waals surface area contributed by atoms with Gasteiger partial charge in [0.15, 0.2) is 0 Å². The highest BCUT2D eigenvalue weighted by Gasteiger charge is 2.44. The average Bonchev–Trinajstić information content (AvgIpc) is 2.58. The maximum Gasteiger partial charge on any atom is 0.331 e. The van der Waals surface area contributed by atoms with Gasteiger partial charge in [0.2, 0.25) is 5.91 Å². The van der Waals surface area contributed by atoms with Gasteiger partial charge in [0.1, 0.15) is 5.54 Å². The fraction of sp³-hybridized carbons (Fsp3) is 0.529. The molecule has 0 unspecified atom stereocenters. The van der Waals surface area contributed by atoms with Crippen LogP contribution in [0, 0.1) is 0 Å². The number of ether oxygens (including phenoxy) is 1. The number of piperidine rings is 1. The van der Waals surface area contributed by atoms with Crippen LogP contribution in [0.15, 0.2) is 18.2 Å². The van der Waals surface area contributed by atoms with Gasteiger partial charge in [0.25, 0.3) is 0 Å². The van der Waals surface area contributed by atoms with Gasteiger partial charge < -0.3 is 10.1 Å². The molecule has 0 bridgehead atoms. The molecule has 1 fully saturated rings. The molecule has 8 heteroatoms. The second-order valence-corrected chi connectivity index (χ2v) is 6.72. The zero-order valence-corrected chi connectivity index (χ0v) is 15.8. The number of nitrogens with one attached hydrogen (secondary N) is 1. The van der Waals surface area contributed by atoms with Crippen molar-refractivity contribution in [1.82, 2.24) is 10.4 Å². The van der Waals surface area contributed by atoms with Gasteiger partial charge in [-0.3, -0.25) is 9.63 Å². The molecule has 1 N–H and O–H groups in total. The van der Waals surface area contributed by atoms with Crippen molar-refractivity contribution in [3.05, 3.63) is 33.8 Å². The molecule has 0 spiro atoms. The van der Waals surface area contributed by atoms with Crippen LogP contribution in [0.4, 0.5) is 0 Å². The summed E-state index contributed by atoms with van der Waals surface area (Å²) in [5, 5.41) is 5.56. The Morgan fingerprint density at radius 2 is 1.96 bits per heavy atom. The molecular formula is C17H22Cl2N2O4. The van der Waals surface area contributed by atoms with Crippen LogP contribution in [0.2, 0.25) is 10.0 Å². The summed E-state index contributed by atoms with van der Waals surface area (Å²) in [6, 6.07) is 4.96. The number of hydrogen-bond acceptors (Lipinski definition) is 5. The van der Waals surface area contributed by atoms with Gasteiger partial charge >= 0.3 is 5.97 Å². The molecule has 1 amide bonds.